The van der Waals surface area contributed by atoms with Crippen molar-refractivity contribution < 1.29 is 13.6 Å². The molecule has 0 saturated carbocycles. The number of thiocarbonyl (C=S) groups is 1. The first-order valence-electron chi connectivity index (χ1n) is 7.90. The van der Waals surface area contributed by atoms with Crippen LogP contribution in [0.5, 0.6) is 0 Å². The predicted molar refractivity (Wildman–Crippen MR) is 120 cm³/mol. The quantitative estimate of drug-likeness (QED) is 0.314. The van der Waals surface area contributed by atoms with Gasteiger partial charge in [0.2, 0.25) is 0 Å². The van der Waals surface area contributed by atoms with Gasteiger partial charge in [0, 0.05) is 5.02 Å². The maximum Gasteiger partial charge on any atom is 0.270 e. The highest BCUT2D eigenvalue weighted by Crippen LogP contribution is 2.37. The van der Waals surface area contributed by atoms with Crippen LogP contribution in [-0.4, -0.2) is 10.2 Å². The van der Waals surface area contributed by atoms with Gasteiger partial charge in [0.05, 0.1) is 31.6 Å². The lowest BCUT2D eigenvalue weighted by atomic mass is 10.1. The third kappa shape index (κ3) is 3.69. The van der Waals surface area contributed by atoms with E-state index >= 15 is 0 Å². The Bertz CT molecular complexity index is 1310. The molecule has 0 N–H and O–H groups in total. The SMILES string of the molecule is O=C1/C(=C/c2coc3c(Cl)cc(Cl)cc3c2=O)SC(=S)N1c1ccc(F)c(Cl)c1. The largest absolute Gasteiger partial charge is 0.462 e. The standard InChI is InChI=1S/C19H7Cl3FNO3S2/c20-9-4-11-16(25)8(7-27-17(11)13(22)5-9)3-15-18(26)24(19(28)29-15)10-1-2-14(23)12(21)6-10/h1-7H/b15-3-. The van der Waals surface area contributed by atoms with Crippen molar-refractivity contribution in [3.8, 4) is 0 Å². The van der Waals surface area contributed by atoms with Gasteiger partial charge < -0.3 is 4.42 Å². The zero-order valence-electron chi connectivity index (χ0n) is 14.0. The van der Waals surface area contributed by atoms with E-state index in [1.807, 2.05) is 0 Å². The number of nitrogens with zero attached hydrogens (tertiary/aromatic N) is 1. The minimum Gasteiger partial charge on any atom is -0.462 e. The average molecular weight is 487 g/mol. The van der Waals surface area contributed by atoms with Crippen molar-refractivity contribution in [3.63, 3.8) is 0 Å². The van der Waals surface area contributed by atoms with Gasteiger partial charge in [-0.3, -0.25) is 14.5 Å². The van der Waals surface area contributed by atoms with E-state index in [-0.39, 0.29) is 40.8 Å². The molecule has 1 aliphatic heterocycles. The van der Waals surface area contributed by atoms with E-state index in [0.717, 1.165) is 17.8 Å². The van der Waals surface area contributed by atoms with Crippen molar-refractivity contribution in [1.82, 2.24) is 0 Å². The molecule has 10 heteroatoms. The molecule has 1 aliphatic rings. The smallest absolute Gasteiger partial charge is 0.270 e. The molecule has 1 saturated heterocycles. The summed E-state index contributed by atoms with van der Waals surface area (Å²) >= 11 is 24.1. The lowest BCUT2D eigenvalue weighted by molar-refractivity contribution is -0.113. The van der Waals surface area contributed by atoms with E-state index in [2.05, 4.69) is 0 Å². The summed E-state index contributed by atoms with van der Waals surface area (Å²) in [5.41, 5.74) is 0.261. The van der Waals surface area contributed by atoms with Crippen LogP contribution >= 0.6 is 58.8 Å². The van der Waals surface area contributed by atoms with E-state index < -0.39 is 17.2 Å². The fourth-order valence-corrected chi connectivity index (χ4v) is 4.74. The molecule has 0 aliphatic carbocycles. The third-order valence-electron chi connectivity index (χ3n) is 4.06. The monoisotopic (exact) mass is 485 g/mol. The van der Waals surface area contributed by atoms with Crippen LogP contribution in [0.3, 0.4) is 0 Å². The minimum absolute atomic E-state index is 0.133. The Labute approximate surface area is 187 Å². The lowest BCUT2D eigenvalue weighted by Crippen LogP contribution is -2.27. The first-order valence-corrected chi connectivity index (χ1v) is 10.3. The molecule has 2 aromatic carbocycles. The number of carbonyl (C=O) groups is 1. The van der Waals surface area contributed by atoms with Crippen LogP contribution in [0.2, 0.25) is 15.1 Å². The first kappa shape index (κ1) is 20.4. The molecule has 1 aromatic heterocycles. The summed E-state index contributed by atoms with van der Waals surface area (Å²) in [5, 5.41) is 0.545. The fourth-order valence-electron chi connectivity index (χ4n) is 2.74. The summed E-state index contributed by atoms with van der Waals surface area (Å²) in [7, 11) is 0. The van der Waals surface area contributed by atoms with Gasteiger partial charge in [-0.15, -0.1) is 0 Å². The van der Waals surface area contributed by atoms with Crippen LogP contribution in [-0.2, 0) is 4.79 Å². The summed E-state index contributed by atoms with van der Waals surface area (Å²) in [4.78, 5) is 27.1. The first-order chi connectivity index (χ1) is 13.8. The molecule has 4 nitrogen and oxygen atoms in total. The maximum atomic E-state index is 13.4. The van der Waals surface area contributed by atoms with E-state index in [9.17, 15) is 14.0 Å². The molecule has 2 heterocycles. The van der Waals surface area contributed by atoms with Gasteiger partial charge in [-0.2, -0.15) is 0 Å². The Morgan fingerprint density at radius 1 is 1.10 bits per heavy atom. The van der Waals surface area contributed by atoms with Crippen molar-refractivity contribution in [2.45, 2.75) is 0 Å². The average Bonchev–Trinajstić information content (AvgIpc) is 2.93. The van der Waals surface area contributed by atoms with Crippen molar-refractivity contribution in [2.24, 2.45) is 0 Å². The summed E-state index contributed by atoms with van der Waals surface area (Å²) in [6, 6.07) is 6.75. The second-order valence-corrected chi connectivity index (χ2v) is 8.83. The van der Waals surface area contributed by atoms with Gasteiger partial charge in [0.15, 0.2) is 15.3 Å². The van der Waals surface area contributed by atoms with E-state index in [4.69, 9.17) is 51.4 Å². The molecule has 4 rings (SSSR count). The summed E-state index contributed by atoms with van der Waals surface area (Å²) in [5.74, 6) is -1.08. The Balaban J connectivity index is 1.77. The molecule has 0 atom stereocenters. The van der Waals surface area contributed by atoms with Crippen LogP contribution < -0.4 is 10.3 Å². The number of benzene rings is 2. The lowest BCUT2D eigenvalue weighted by Gasteiger charge is -2.14. The summed E-state index contributed by atoms with van der Waals surface area (Å²) in [6.07, 6.45) is 2.59. The number of hydrogen-bond donors (Lipinski definition) is 0. The van der Waals surface area contributed by atoms with Gasteiger partial charge in [0.1, 0.15) is 12.1 Å². The number of thioether (sulfide) groups is 1. The van der Waals surface area contributed by atoms with E-state index in [1.165, 1.54) is 41.5 Å². The second-order valence-electron chi connectivity index (χ2n) is 5.90. The molecule has 29 heavy (non-hydrogen) atoms. The van der Waals surface area contributed by atoms with Gasteiger partial charge in [-0.05, 0) is 36.4 Å². The summed E-state index contributed by atoms with van der Waals surface area (Å²) in [6.45, 7) is 0. The fraction of sp³-hybridized carbons (Fsp3) is 0. The molecule has 1 amide bonds. The topological polar surface area (TPSA) is 50.5 Å². The number of anilines is 1. The number of hydrogen-bond acceptors (Lipinski definition) is 5. The van der Waals surface area contributed by atoms with Gasteiger partial charge in [0.25, 0.3) is 5.91 Å². The number of carbonyl (C=O) groups excluding carboxylic acids is 1. The zero-order valence-corrected chi connectivity index (χ0v) is 17.9. The molecular weight excluding hydrogens is 480 g/mol. The number of rotatable bonds is 2. The Morgan fingerprint density at radius 2 is 1.86 bits per heavy atom. The van der Waals surface area contributed by atoms with E-state index in [1.54, 1.807) is 0 Å². The Kier molecular flexibility index (Phi) is 5.44. The molecular formula is C19H7Cl3FNO3S2. The van der Waals surface area contributed by atoms with Gasteiger partial charge in [-0.1, -0.05) is 58.8 Å². The second kappa shape index (κ2) is 7.74. The van der Waals surface area contributed by atoms with Crippen molar-refractivity contribution in [1.29, 1.82) is 0 Å². The zero-order chi connectivity index (χ0) is 20.9. The number of amides is 1. The summed E-state index contributed by atoms with van der Waals surface area (Å²) < 4.78 is 19.1. The van der Waals surface area contributed by atoms with Crippen LogP contribution in [0.25, 0.3) is 17.0 Å². The molecule has 0 unspecified atom stereocenters. The van der Waals surface area contributed by atoms with Crippen LogP contribution in [0.1, 0.15) is 5.56 Å². The molecule has 146 valence electrons. The van der Waals surface area contributed by atoms with Crippen molar-refractivity contribution >= 4 is 91.7 Å². The molecule has 1 fully saturated rings. The van der Waals surface area contributed by atoms with Crippen molar-refractivity contribution in [2.75, 3.05) is 4.90 Å². The predicted octanol–water partition coefficient (Wildman–Crippen LogP) is 6.30. The number of fused-ring (bicyclic) bond motifs is 1. The highest BCUT2D eigenvalue weighted by Gasteiger charge is 2.34. The van der Waals surface area contributed by atoms with Crippen LogP contribution in [0.4, 0.5) is 10.1 Å². The molecule has 3 aromatic rings. The Morgan fingerprint density at radius 3 is 2.59 bits per heavy atom. The van der Waals surface area contributed by atoms with Gasteiger partial charge >= 0.3 is 0 Å². The van der Waals surface area contributed by atoms with E-state index in [0.29, 0.717) is 5.69 Å². The maximum absolute atomic E-state index is 13.4. The van der Waals surface area contributed by atoms with Gasteiger partial charge in [-0.25, -0.2) is 4.39 Å². The van der Waals surface area contributed by atoms with Crippen LogP contribution in [0.15, 0.2) is 50.7 Å². The molecule has 0 bridgehead atoms. The highest BCUT2D eigenvalue weighted by molar-refractivity contribution is 8.27. The third-order valence-corrected chi connectivity index (χ3v) is 6.15. The Hall–Kier alpha value is -1.90. The molecule has 0 spiro atoms. The van der Waals surface area contributed by atoms with Crippen molar-refractivity contribution in [3.05, 3.63) is 78.2 Å². The molecule has 0 radical (unpaired) electrons. The highest BCUT2D eigenvalue weighted by atomic mass is 35.5. The normalized spacial score (nSPS) is 15.7. The van der Waals surface area contributed by atoms with Crippen LogP contribution in [0, 0.1) is 5.82 Å². The number of halogens is 4. The minimum atomic E-state index is -0.609.